The molecule has 0 radical (unpaired) electrons. The van der Waals surface area contributed by atoms with Crippen LogP contribution in [0.3, 0.4) is 0 Å². The summed E-state index contributed by atoms with van der Waals surface area (Å²) < 4.78 is 13.5. The van der Waals surface area contributed by atoms with Gasteiger partial charge >= 0.3 is 7.12 Å². The molecule has 2 N–H and O–H groups in total. The maximum atomic E-state index is 14.3. The number of aromatic nitrogens is 1. The van der Waals surface area contributed by atoms with E-state index in [0.717, 1.165) is 40.1 Å². The monoisotopic (exact) mass is 604 g/mol. The van der Waals surface area contributed by atoms with Crippen molar-refractivity contribution in [3.05, 3.63) is 84.1 Å². The molecule has 1 saturated heterocycles. The van der Waals surface area contributed by atoms with Crippen molar-refractivity contribution in [2.45, 2.75) is 84.4 Å². The van der Waals surface area contributed by atoms with E-state index in [-0.39, 0.29) is 41.2 Å². The van der Waals surface area contributed by atoms with E-state index >= 15 is 0 Å². The first-order chi connectivity index (χ1) is 21.5. The lowest BCUT2D eigenvalue weighted by molar-refractivity contribution is -0.199. The lowest BCUT2D eigenvalue weighted by Crippen LogP contribution is -2.65. The summed E-state index contributed by atoms with van der Waals surface area (Å²) in [6, 6.07) is 21.9. The minimum absolute atomic E-state index is 0.0324. The highest BCUT2D eigenvalue weighted by molar-refractivity contribution is 6.47. The molecule has 3 aromatic carbocycles. The van der Waals surface area contributed by atoms with Crippen molar-refractivity contribution >= 4 is 40.5 Å². The zero-order valence-corrected chi connectivity index (χ0v) is 27.1. The predicted octanol–water partition coefficient (Wildman–Crippen LogP) is 7.55. The summed E-state index contributed by atoms with van der Waals surface area (Å²) in [7, 11) is -0.508. The van der Waals surface area contributed by atoms with Crippen molar-refractivity contribution < 1.29 is 18.9 Å². The fraction of sp³-hybridized carbons (Fsp3) is 0.474. The molecule has 0 spiro atoms. The van der Waals surface area contributed by atoms with Gasteiger partial charge in [-0.3, -0.25) is 9.59 Å². The van der Waals surface area contributed by atoms with Crippen LogP contribution in [-0.2, 0) is 20.5 Å². The Kier molecular flexibility index (Phi) is 7.68. The van der Waals surface area contributed by atoms with Gasteiger partial charge in [-0.25, -0.2) is 0 Å². The van der Waals surface area contributed by atoms with Gasteiger partial charge < -0.3 is 19.6 Å². The Morgan fingerprint density at radius 2 is 1.76 bits per heavy atom. The second-order valence-electron chi connectivity index (χ2n) is 15.0. The average Bonchev–Trinajstić information content (AvgIpc) is 3.60. The number of hydrogen-bond donors (Lipinski definition) is 2. The third-order valence-electron chi connectivity index (χ3n) is 11.4. The molecule has 4 fully saturated rings. The van der Waals surface area contributed by atoms with Crippen LogP contribution in [-0.4, -0.2) is 41.4 Å². The van der Waals surface area contributed by atoms with E-state index in [1.807, 2.05) is 66.9 Å². The van der Waals surface area contributed by atoms with Gasteiger partial charge in [0.05, 0.1) is 17.6 Å². The van der Waals surface area contributed by atoms with Gasteiger partial charge in [0.25, 0.3) is 0 Å². The van der Waals surface area contributed by atoms with Crippen LogP contribution in [0.15, 0.2) is 72.9 Å². The van der Waals surface area contributed by atoms with Crippen LogP contribution >= 0.6 is 0 Å². The van der Waals surface area contributed by atoms with Gasteiger partial charge in [0.15, 0.2) is 5.78 Å². The van der Waals surface area contributed by atoms with Gasteiger partial charge in [0, 0.05) is 35.0 Å². The Morgan fingerprint density at radius 3 is 2.53 bits per heavy atom. The van der Waals surface area contributed by atoms with Crippen LogP contribution in [0.2, 0.25) is 0 Å². The van der Waals surface area contributed by atoms with Crippen molar-refractivity contribution in [3.8, 4) is 0 Å². The number of rotatable bonds is 10. The molecule has 2 heterocycles. The number of Topliss-reactive ketones (excluding diaryl/α,β-unsaturated/α-hetero) is 1. The number of H-pyrrole nitrogens is 1. The molecule has 7 heteroatoms. The second kappa shape index (κ2) is 11.4. The molecule has 1 aliphatic heterocycles. The SMILES string of the molecule is CC(C)C[C@H](NC(=O)[C@@H](CC(=O)c1ccc2ccccc2c1)Cc1c[nH]c2ccccc12)B1O[C@@H]2C[C@@H]3C[C@@H](C3(C)C)[C@]2(C)O1. The molecule has 234 valence electrons. The van der Waals surface area contributed by atoms with Gasteiger partial charge in [-0.05, 0) is 84.2 Å². The predicted molar refractivity (Wildman–Crippen MR) is 180 cm³/mol. The van der Waals surface area contributed by atoms with Crippen LogP contribution in [0.25, 0.3) is 21.7 Å². The third-order valence-corrected chi connectivity index (χ3v) is 11.4. The molecule has 8 rings (SSSR count). The minimum atomic E-state index is -0.552. The quantitative estimate of drug-likeness (QED) is 0.145. The van der Waals surface area contributed by atoms with Crippen LogP contribution in [0, 0.1) is 29.1 Å². The number of carbonyl (C=O) groups excluding carboxylic acids is 2. The molecule has 6 atom stereocenters. The number of aromatic amines is 1. The highest BCUT2D eigenvalue weighted by Crippen LogP contribution is 2.65. The topological polar surface area (TPSA) is 80.4 Å². The van der Waals surface area contributed by atoms with Gasteiger partial charge in [-0.1, -0.05) is 82.3 Å². The Morgan fingerprint density at radius 1 is 1.00 bits per heavy atom. The van der Waals surface area contributed by atoms with Crippen LogP contribution in [0.5, 0.6) is 0 Å². The standard InChI is InChI=1S/C38H45BN2O4/c1-23(2)16-35(39-44-34-21-29-20-33(37(29,3)4)38(34,5)45-39)41-36(43)27(18-28-22-40-31-13-9-8-12-30(28)31)19-32(42)26-15-14-24-10-6-7-11-25(24)17-26/h6-15,17,22-23,27,29,33-35,40H,16,18-21H2,1-5H3,(H,41,43)/t27-,29+,33+,34-,35+,38+/m1/s1. The van der Waals surface area contributed by atoms with E-state index in [9.17, 15) is 9.59 Å². The molecule has 6 nitrogen and oxygen atoms in total. The number of carbonyl (C=O) groups is 2. The molecule has 2 bridgehead atoms. The summed E-state index contributed by atoms with van der Waals surface area (Å²) >= 11 is 0. The summed E-state index contributed by atoms with van der Waals surface area (Å²) in [5, 5.41) is 6.55. The zero-order chi connectivity index (χ0) is 31.5. The van der Waals surface area contributed by atoms with E-state index in [1.165, 1.54) is 6.42 Å². The van der Waals surface area contributed by atoms with Crippen molar-refractivity contribution in [1.82, 2.24) is 10.3 Å². The Balaban J connectivity index is 1.15. The second-order valence-corrected chi connectivity index (χ2v) is 15.0. The minimum Gasteiger partial charge on any atom is -0.404 e. The number of para-hydroxylation sites is 1. The molecular formula is C38H45BN2O4. The Hall–Kier alpha value is -3.42. The third kappa shape index (κ3) is 5.42. The fourth-order valence-corrected chi connectivity index (χ4v) is 8.65. The highest BCUT2D eigenvalue weighted by atomic mass is 16.7. The first-order valence-corrected chi connectivity index (χ1v) is 16.7. The summed E-state index contributed by atoms with van der Waals surface area (Å²) in [5.74, 6) is 0.415. The number of benzene rings is 3. The smallest absolute Gasteiger partial charge is 0.404 e. The zero-order valence-electron chi connectivity index (χ0n) is 27.1. The Bertz CT molecular complexity index is 1750. The summed E-state index contributed by atoms with van der Waals surface area (Å²) in [6.45, 7) is 11.3. The number of nitrogens with one attached hydrogen (secondary N) is 2. The largest absolute Gasteiger partial charge is 0.481 e. The fourth-order valence-electron chi connectivity index (χ4n) is 8.65. The summed E-state index contributed by atoms with van der Waals surface area (Å²) in [5.41, 5.74) is 2.58. The molecule has 4 aromatic rings. The van der Waals surface area contributed by atoms with E-state index in [0.29, 0.717) is 29.7 Å². The van der Waals surface area contributed by atoms with Gasteiger partial charge in [0.2, 0.25) is 5.91 Å². The van der Waals surface area contributed by atoms with Crippen LogP contribution in [0.4, 0.5) is 0 Å². The number of hydrogen-bond acceptors (Lipinski definition) is 4. The molecule has 45 heavy (non-hydrogen) atoms. The molecule has 4 aliphatic rings. The van der Waals surface area contributed by atoms with Gasteiger partial charge in [0.1, 0.15) is 0 Å². The Labute approximate surface area is 266 Å². The van der Waals surface area contributed by atoms with Gasteiger partial charge in [-0.15, -0.1) is 0 Å². The number of amides is 1. The molecule has 1 amide bonds. The van der Waals surface area contributed by atoms with Crippen molar-refractivity contribution in [1.29, 1.82) is 0 Å². The van der Waals surface area contributed by atoms with Crippen LogP contribution < -0.4 is 5.32 Å². The molecular weight excluding hydrogens is 559 g/mol. The maximum Gasteiger partial charge on any atom is 0.481 e. The lowest BCUT2D eigenvalue weighted by Gasteiger charge is -2.64. The van der Waals surface area contributed by atoms with E-state index in [4.69, 9.17) is 9.31 Å². The van der Waals surface area contributed by atoms with E-state index in [2.05, 4.69) is 51.0 Å². The molecule has 3 aliphatic carbocycles. The van der Waals surface area contributed by atoms with Crippen LogP contribution in [0.1, 0.15) is 76.2 Å². The molecule has 3 saturated carbocycles. The summed E-state index contributed by atoms with van der Waals surface area (Å²) in [6.07, 6.45) is 5.50. The van der Waals surface area contributed by atoms with E-state index < -0.39 is 13.0 Å². The van der Waals surface area contributed by atoms with E-state index in [1.54, 1.807) is 0 Å². The summed E-state index contributed by atoms with van der Waals surface area (Å²) in [4.78, 5) is 31.5. The lowest BCUT2D eigenvalue weighted by atomic mass is 9.43. The highest BCUT2D eigenvalue weighted by Gasteiger charge is 2.68. The first-order valence-electron chi connectivity index (χ1n) is 16.7. The average molecular weight is 605 g/mol. The van der Waals surface area contributed by atoms with Crippen molar-refractivity contribution in [2.24, 2.45) is 29.1 Å². The molecule has 1 aromatic heterocycles. The van der Waals surface area contributed by atoms with Crippen molar-refractivity contribution in [2.75, 3.05) is 0 Å². The number of ketones is 1. The van der Waals surface area contributed by atoms with Crippen molar-refractivity contribution in [3.63, 3.8) is 0 Å². The maximum absolute atomic E-state index is 14.3. The normalized spacial score (nSPS) is 26.4. The van der Waals surface area contributed by atoms with Gasteiger partial charge in [-0.2, -0.15) is 0 Å². The first kappa shape index (κ1) is 30.3. The number of fused-ring (bicyclic) bond motifs is 2. The molecule has 0 unspecified atom stereocenters.